The van der Waals surface area contributed by atoms with Crippen molar-refractivity contribution in [1.29, 1.82) is 0 Å². The zero-order valence-corrected chi connectivity index (χ0v) is 20.3. The predicted molar refractivity (Wildman–Crippen MR) is 138 cm³/mol. The summed E-state index contributed by atoms with van der Waals surface area (Å²) in [5.41, 5.74) is 11.3. The fourth-order valence-corrected chi connectivity index (χ4v) is 4.61. The molecule has 0 radical (unpaired) electrons. The number of amides is 1. The van der Waals surface area contributed by atoms with Crippen molar-refractivity contribution in [1.82, 2.24) is 4.40 Å². The number of carbonyl (C=O) groups excluding carboxylic acids is 2. The summed E-state index contributed by atoms with van der Waals surface area (Å²) in [6.07, 6.45) is 3.53. The van der Waals surface area contributed by atoms with Crippen LogP contribution in [0.25, 0.3) is 16.6 Å². The lowest BCUT2D eigenvalue weighted by atomic mass is 9.94. The zero-order valence-electron chi connectivity index (χ0n) is 20.3. The molecule has 1 amide bonds. The molecule has 0 spiro atoms. The number of fused-ring (bicyclic) bond motifs is 1. The summed E-state index contributed by atoms with van der Waals surface area (Å²) in [5, 5.41) is 8.80. The van der Waals surface area contributed by atoms with Gasteiger partial charge in [-0.15, -0.1) is 0 Å². The zero-order chi connectivity index (χ0) is 25.5. The van der Waals surface area contributed by atoms with E-state index in [0.717, 1.165) is 27.9 Å². The van der Waals surface area contributed by atoms with Crippen molar-refractivity contribution in [2.24, 2.45) is 5.73 Å². The van der Waals surface area contributed by atoms with Gasteiger partial charge in [0.1, 0.15) is 12.5 Å². The van der Waals surface area contributed by atoms with Gasteiger partial charge in [0.05, 0.1) is 24.3 Å². The molecule has 0 aliphatic carbocycles. The lowest BCUT2D eigenvalue weighted by Crippen LogP contribution is -2.24. The van der Waals surface area contributed by atoms with E-state index in [-0.39, 0.29) is 6.79 Å². The van der Waals surface area contributed by atoms with Crippen LogP contribution in [0, 0.1) is 0 Å². The maximum atomic E-state index is 13.1. The van der Waals surface area contributed by atoms with E-state index in [1.165, 1.54) is 0 Å². The number of ether oxygens (including phenoxy) is 2. The van der Waals surface area contributed by atoms with Crippen molar-refractivity contribution < 1.29 is 24.2 Å². The topological polar surface area (TPSA) is 103 Å². The Hall–Kier alpha value is -3.94. The van der Waals surface area contributed by atoms with E-state index in [1.54, 1.807) is 6.07 Å². The summed E-state index contributed by atoms with van der Waals surface area (Å²) < 4.78 is 12.9. The molecule has 186 valence electrons. The lowest BCUT2D eigenvalue weighted by Gasteiger charge is -2.12. The Morgan fingerprint density at radius 2 is 1.72 bits per heavy atom. The number of aliphatic hydroxyl groups excluding tert-OH is 1. The highest BCUT2D eigenvalue weighted by Crippen LogP contribution is 2.35. The Labute approximate surface area is 210 Å². The lowest BCUT2D eigenvalue weighted by molar-refractivity contribution is -0.114. The highest BCUT2D eigenvalue weighted by atomic mass is 16.6. The van der Waals surface area contributed by atoms with Gasteiger partial charge >= 0.3 is 0 Å². The second kappa shape index (κ2) is 11.7. The fourth-order valence-electron chi connectivity index (χ4n) is 4.61. The SMILES string of the molecule is CCc1c(C(=O)C(N)=O)c2c(OCCCOCO)cccn2c1Cc1ccccc1-c1ccccc1. The average molecular weight is 487 g/mol. The molecular weight excluding hydrogens is 456 g/mol. The number of aromatic nitrogens is 1. The van der Waals surface area contributed by atoms with Gasteiger partial charge in [-0.05, 0) is 40.8 Å². The molecule has 36 heavy (non-hydrogen) atoms. The van der Waals surface area contributed by atoms with Gasteiger partial charge in [-0.2, -0.15) is 0 Å². The molecule has 0 saturated carbocycles. The number of aliphatic hydroxyl groups is 1. The summed E-state index contributed by atoms with van der Waals surface area (Å²) >= 11 is 0. The van der Waals surface area contributed by atoms with Crippen molar-refractivity contribution in [3.8, 4) is 16.9 Å². The Bertz CT molecular complexity index is 1360. The number of nitrogens with two attached hydrogens (primary N) is 1. The van der Waals surface area contributed by atoms with Crippen LogP contribution in [-0.2, 0) is 22.4 Å². The summed E-state index contributed by atoms with van der Waals surface area (Å²) in [5.74, 6) is -1.24. The van der Waals surface area contributed by atoms with Crippen LogP contribution in [0.2, 0.25) is 0 Å². The van der Waals surface area contributed by atoms with Crippen LogP contribution in [0.5, 0.6) is 5.75 Å². The molecule has 2 heterocycles. The third-order valence-corrected chi connectivity index (χ3v) is 6.18. The molecule has 0 atom stereocenters. The van der Waals surface area contributed by atoms with E-state index < -0.39 is 11.7 Å². The van der Waals surface area contributed by atoms with Crippen LogP contribution in [0.1, 0.15) is 40.5 Å². The number of ketones is 1. The van der Waals surface area contributed by atoms with Crippen molar-refractivity contribution in [3.05, 3.63) is 95.3 Å². The minimum Gasteiger partial charge on any atom is -0.491 e. The number of hydrogen-bond donors (Lipinski definition) is 2. The monoisotopic (exact) mass is 486 g/mol. The van der Waals surface area contributed by atoms with Gasteiger partial charge in [0.15, 0.2) is 0 Å². The summed E-state index contributed by atoms with van der Waals surface area (Å²) in [4.78, 5) is 25.1. The van der Waals surface area contributed by atoms with E-state index in [2.05, 4.69) is 24.3 Å². The number of benzene rings is 2. The molecule has 0 aliphatic heterocycles. The predicted octanol–water partition coefficient (Wildman–Crippen LogP) is 4.16. The molecule has 7 heteroatoms. The standard InChI is InChI=1S/C29H30N2O5/c1-2-22-24(18-21-12-6-7-13-23(21)20-10-4-3-5-11-20)31-15-8-14-25(36-17-9-16-35-19-32)27(31)26(22)28(33)29(30)34/h3-8,10-15,32H,2,9,16-19H2,1H3,(H2,30,34). The number of Topliss-reactive ketones (excluding diaryl/α,β-unsaturated/α-hetero) is 1. The number of hydrogen-bond acceptors (Lipinski definition) is 5. The first kappa shape index (κ1) is 25.2. The molecule has 0 saturated heterocycles. The van der Waals surface area contributed by atoms with E-state index >= 15 is 0 Å². The molecule has 4 rings (SSSR count). The van der Waals surface area contributed by atoms with Crippen molar-refractivity contribution >= 4 is 17.2 Å². The van der Waals surface area contributed by atoms with Gasteiger partial charge in [-0.3, -0.25) is 9.59 Å². The first-order valence-electron chi connectivity index (χ1n) is 12.0. The summed E-state index contributed by atoms with van der Waals surface area (Å²) in [6.45, 7) is 2.28. The summed E-state index contributed by atoms with van der Waals surface area (Å²) in [6, 6.07) is 22.0. The number of pyridine rings is 1. The van der Waals surface area contributed by atoms with Gasteiger partial charge in [-0.25, -0.2) is 0 Å². The van der Waals surface area contributed by atoms with Gasteiger partial charge in [0, 0.05) is 24.7 Å². The van der Waals surface area contributed by atoms with Gasteiger partial charge < -0.3 is 24.7 Å². The quantitative estimate of drug-likeness (QED) is 0.135. The van der Waals surface area contributed by atoms with Crippen LogP contribution >= 0.6 is 0 Å². The van der Waals surface area contributed by atoms with E-state index in [4.69, 9.17) is 20.3 Å². The smallest absolute Gasteiger partial charge is 0.289 e. The Kier molecular flexibility index (Phi) is 8.15. The van der Waals surface area contributed by atoms with Crippen LogP contribution in [0.4, 0.5) is 0 Å². The number of rotatable bonds is 12. The molecule has 4 aromatic rings. The number of primary amides is 1. The molecular formula is C29H30N2O5. The van der Waals surface area contributed by atoms with Crippen molar-refractivity contribution in [2.45, 2.75) is 26.2 Å². The first-order chi connectivity index (χ1) is 17.6. The fraction of sp³-hybridized carbons (Fsp3) is 0.241. The van der Waals surface area contributed by atoms with Crippen molar-refractivity contribution in [2.75, 3.05) is 20.0 Å². The largest absolute Gasteiger partial charge is 0.491 e. The normalized spacial score (nSPS) is 11.1. The number of nitrogens with zero attached hydrogens (tertiary/aromatic N) is 1. The maximum absolute atomic E-state index is 13.1. The molecule has 0 aliphatic rings. The van der Waals surface area contributed by atoms with Gasteiger partial charge in [0.25, 0.3) is 11.7 Å². The summed E-state index contributed by atoms with van der Waals surface area (Å²) in [7, 11) is 0. The third-order valence-electron chi connectivity index (χ3n) is 6.18. The molecule has 0 unspecified atom stereocenters. The minimum atomic E-state index is -1.00. The maximum Gasteiger partial charge on any atom is 0.289 e. The molecule has 0 fully saturated rings. The van der Waals surface area contributed by atoms with Crippen LogP contribution in [0.15, 0.2) is 72.9 Å². The molecule has 0 bridgehead atoms. The molecule has 3 N–H and O–H groups in total. The molecule has 2 aromatic heterocycles. The number of carbonyl (C=O) groups is 2. The van der Waals surface area contributed by atoms with Crippen molar-refractivity contribution in [3.63, 3.8) is 0 Å². The Balaban J connectivity index is 1.84. The van der Waals surface area contributed by atoms with E-state index in [1.807, 2.05) is 53.9 Å². The Morgan fingerprint density at radius 3 is 2.44 bits per heavy atom. The van der Waals surface area contributed by atoms with Crippen LogP contribution in [0.3, 0.4) is 0 Å². The minimum absolute atomic E-state index is 0.291. The van der Waals surface area contributed by atoms with Crippen LogP contribution in [-0.4, -0.2) is 41.2 Å². The van der Waals surface area contributed by atoms with E-state index in [9.17, 15) is 9.59 Å². The first-order valence-corrected chi connectivity index (χ1v) is 12.0. The average Bonchev–Trinajstić information content (AvgIpc) is 3.22. The highest BCUT2D eigenvalue weighted by Gasteiger charge is 2.28. The second-order valence-electron chi connectivity index (χ2n) is 8.38. The Morgan fingerprint density at radius 1 is 0.972 bits per heavy atom. The second-order valence-corrected chi connectivity index (χ2v) is 8.38. The van der Waals surface area contributed by atoms with E-state index in [0.29, 0.717) is 49.3 Å². The van der Waals surface area contributed by atoms with Crippen LogP contribution < -0.4 is 10.5 Å². The highest BCUT2D eigenvalue weighted by molar-refractivity contribution is 6.44. The van der Waals surface area contributed by atoms with Gasteiger partial charge in [0.2, 0.25) is 0 Å². The molecule has 2 aromatic carbocycles. The third kappa shape index (κ3) is 5.17. The molecule has 7 nitrogen and oxygen atoms in total. The van der Waals surface area contributed by atoms with Gasteiger partial charge in [-0.1, -0.05) is 61.5 Å².